The number of benzene rings is 1. The predicted octanol–water partition coefficient (Wildman–Crippen LogP) is 2.70. The molecule has 2 aromatic heterocycles. The number of aromatic nitrogens is 3. The number of halogens is 2. The van der Waals surface area contributed by atoms with Gasteiger partial charge in [0.15, 0.2) is 6.23 Å². The van der Waals surface area contributed by atoms with Gasteiger partial charge in [0.25, 0.3) is 0 Å². The second-order valence-corrected chi connectivity index (χ2v) is 8.85. The van der Waals surface area contributed by atoms with Crippen molar-refractivity contribution in [1.82, 2.24) is 14.8 Å². The Bertz CT molecular complexity index is 1100. The van der Waals surface area contributed by atoms with Crippen molar-refractivity contribution in [2.75, 3.05) is 24.8 Å². The normalized spacial score (nSPS) is 22.2. The number of rotatable bonds is 6. The second-order valence-electron chi connectivity index (χ2n) is 7.82. The Labute approximate surface area is 193 Å². The zero-order valence-electron chi connectivity index (χ0n) is 18.2. The van der Waals surface area contributed by atoms with Gasteiger partial charge < -0.3 is 31.4 Å². The first kappa shape index (κ1) is 23.5. The Morgan fingerprint density at radius 3 is 2.76 bits per heavy atom. The van der Waals surface area contributed by atoms with E-state index in [2.05, 4.69) is 15.4 Å². The zero-order chi connectivity index (χ0) is 23.7. The minimum atomic E-state index is -1.34. The fraction of sp³-hybridized carbons (Fsp3) is 0.429. The molecule has 0 radical (unpaired) electrons. The summed E-state index contributed by atoms with van der Waals surface area (Å²) < 4.78 is 41.4. The van der Waals surface area contributed by atoms with Gasteiger partial charge in [-0.3, -0.25) is 4.68 Å². The maximum atomic E-state index is 14.2. The molecular weight excluding hydrogens is 454 g/mol. The van der Waals surface area contributed by atoms with Gasteiger partial charge in [0.05, 0.1) is 35.9 Å². The van der Waals surface area contributed by atoms with Gasteiger partial charge in [-0.2, -0.15) is 5.10 Å². The van der Waals surface area contributed by atoms with Crippen LogP contribution in [0.5, 0.6) is 0 Å². The van der Waals surface area contributed by atoms with Crippen molar-refractivity contribution < 1.29 is 23.4 Å². The van der Waals surface area contributed by atoms with Gasteiger partial charge in [0, 0.05) is 20.2 Å². The fourth-order valence-electron chi connectivity index (χ4n) is 3.91. The van der Waals surface area contributed by atoms with Crippen LogP contribution in [0.25, 0.3) is 10.6 Å². The van der Waals surface area contributed by atoms with Crippen LogP contribution < -0.4 is 16.8 Å². The highest BCUT2D eigenvalue weighted by molar-refractivity contribution is 7.18. The molecule has 0 aliphatic carbocycles. The topological polar surface area (TPSA) is 133 Å². The molecule has 178 valence electrons. The van der Waals surface area contributed by atoms with Gasteiger partial charge in [-0.05, 0) is 25.0 Å². The lowest BCUT2D eigenvalue weighted by Crippen LogP contribution is -2.37. The molecule has 33 heavy (non-hydrogen) atoms. The summed E-state index contributed by atoms with van der Waals surface area (Å²) in [7, 11) is 3.37. The summed E-state index contributed by atoms with van der Waals surface area (Å²) in [6.45, 7) is 0.326. The van der Waals surface area contributed by atoms with E-state index < -0.39 is 17.9 Å². The lowest BCUT2D eigenvalue weighted by molar-refractivity contribution is -0.0212. The summed E-state index contributed by atoms with van der Waals surface area (Å²) in [6.07, 6.45) is 1.01. The number of thiazole rings is 1. The number of nitrogen functional groups attached to an aromatic ring is 1. The summed E-state index contributed by atoms with van der Waals surface area (Å²) in [6, 6.07) is 3.39. The average molecular weight is 481 g/mol. The van der Waals surface area contributed by atoms with Crippen molar-refractivity contribution >= 4 is 22.0 Å². The maximum Gasteiger partial charge on any atom is 0.171 e. The number of aliphatic hydroxyl groups excluding tert-OH is 1. The number of aliphatic hydroxyl groups is 1. The van der Waals surface area contributed by atoms with Crippen molar-refractivity contribution in [3.63, 3.8) is 0 Å². The van der Waals surface area contributed by atoms with Crippen molar-refractivity contribution in [3.05, 3.63) is 47.4 Å². The van der Waals surface area contributed by atoms with Crippen molar-refractivity contribution in [2.24, 2.45) is 12.8 Å². The van der Waals surface area contributed by atoms with E-state index in [0.29, 0.717) is 30.8 Å². The highest BCUT2D eigenvalue weighted by Crippen LogP contribution is 2.37. The quantitative estimate of drug-likeness (QED) is 0.396. The van der Waals surface area contributed by atoms with E-state index >= 15 is 0 Å². The molecule has 1 saturated heterocycles. The van der Waals surface area contributed by atoms with Gasteiger partial charge >= 0.3 is 0 Å². The first-order chi connectivity index (χ1) is 15.8. The van der Waals surface area contributed by atoms with Gasteiger partial charge in [-0.15, -0.1) is 0 Å². The predicted molar refractivity (Wildman–Crippen MR) is 120 cm³/mol. The molecule has 0 spiro atoms. The summed E-state index contributed by atoms with van der Waals surface area (Å²) in [5.74, 6) is -1.52. The van der Waals surface area contributed by atoms with Crippen LogP contribution in [0, 0.1) is 11.6 Å². The standard InChI is InChI=1S/C21H26F2N6O3S/c1-29-18(14-7-6-12(24)15(31-2)9-32-14)13(8-26-29)27-20(30)17-19(25)33-21(28-17)16-10(22)4-3-5-11(16)23/h3-5,8,12,14-15,20,27,30H,6-7,9,24-25H2,1-2H3/t12-,14+,15+,20?/m1/s1. The van der Waals surface area contributed by atoms with E-state index in [1.807, 2.05) is 0 Å². The highest BCUT2D eigenvalue weighted by atomic mass is 32.1. The van der Waals surface area contributed by atoms with E-state index in [4.69, 9.17) is 20.9 Å². The molecule has 4 rings (SSSR count). The Kier molecular flexibility index (Phi) is 6.91. The van der Waals surface area contributed by atoms with Crippen LogP contribution in [0.2, 0.25) is 0 Å². The number of hydrogen-bond donors (Lipinski definition) is 4. The number of nitrogens with zero attached hydrogens (tertiary/aromatic N) is 3. The molecule has 0 saturated carbocycles. The van der Waals surface area contributed by atoms with Crippen molar-refractivity contribution in [2.45, 2.75) is 37.3 Å². The molecule has 0 amide bonds. The third kappa shape index (κ3) is 4.70. The Hall–Kier alpha value is -2.64. The number of aryl methyl sites for hydroxylation is 1. The van der Waals surface area contributed by atoms with Crippen LogP contribution in [-0.2, 0) is 16.5 Å². The molecule has 6 N–H and O–H groups in total. The highest BCUT2D eigenvalue weighted by Gasteiger charge is 2.30. The molecule has 12 heteroatoms. The van der Waals surface area contributed by atoms with Crippen molar-refractivity contribution in [3.8, 4) is 10.6 Å². The van der Waals surface area contributed by atoms with Gasteiger partial charge in [-0.25, -0.2) is 13.8 Å². The average Bonchev–Trinajstić information content (AvgIpc) is 3.26. The second kappa shape index (κ2) is 9.69. The Morgan fingerprint density at radius 1 is 1.33 bits per heavy atom. The van der Waals surface area contributed by atoms with E-state index in [-0.39, 0.29) is 39.5 Å². The van der Waals surface area contributed by atoms with Crippen molar-refractivity contribution in [1.29, 1.82) is 0 Å². The SMILES string of the molecule is CO[C@H]1CO[C@H](c2c(NC(O)c3nc(-c4c(F)cccc4F)sc3N)cnn2C)CC[C@H]1N. The largest absolute Gasteiger partial charge is 0.389 e. The van der Waals surface area contributed by atoms with E-state index in [9.17, 15) is 13.9 Å². The molecule has 4 atom stereocenters. The van der Waals surface area contributed by atoms with Crippen LogP contribution in [0.1, 0.15) is 36.6 Å². The zero-order valence-corrected chi connectivity index (χ0v) is 19.0. The van der Waals surface area contributed by atoms with Crippen LogP contribution in [0.15, 0.2) is 24.4 Å². The monoisotopic (exact) mass is 480 g/mol. The van der Waals surface area contributed by atoms with Gasteiger partial charge in [0.2, 0.25) is 0 Å². The molecule has 3 aromatic rings. The number of nitrogens with one attached hydrogen (secondary N) is 1. The fourth-order valence-corrected chi connectivity index (χ4v) is 4.82. The number of nitrogens with two attached hydrogens (primary N) is 2. The smallest absolute Gasteiger partial charge is 0.171 e. The number of methoxy groups -OCH3 is 1. The minimum absolute atomic E-state index is 0.0389. The maximum absolute atomic E-state index is 14.2. The molecule has 1 aliphatic heterocycles. The molecule has 9 nitrogen and oxygen atoms in total. The van der Waals surface area contributed by atoms with Gasteiger partial charge in [-0.1, -0.05) is 17.4 Å². The number of ether oxygens (including phenoxy) is 2. The Morgan fingerprint density at radius 2 is 2.06 bits per heavy atom. The van der Waals surface area contributed by atoms with Crippen LogP contribution >= 0.6 is 11.3 Å². The van der Waals surface area contributed by atoms with E-state index in [1.54, 1.807) is 25.0 Å². The Balaban J connectivity index is 1.57. The van der Waals surface area contributed by atoms with Gasteiger partial charge in [0.1, 0.15) is 33.4 Å². The molecular formula is C21H26F2N6O3S. The third-order valence-electron chi connectivity index (χ3n) is 5.70. The molecule has 1 aliphatic rings. The molecule has 0 bridgehead atoms. The number of hydrogen-bond acceptors (Lipinski definition) is 9. The van der Waals surface area contributed by atoms with E-state index in [0.717, 1.165) is 23.5 Å². The lowest BCUT2D eigenvalue weighted by atomic mass is 10.0. The summed E-state index contributed by atoms with van der Waals surface area (Å²) >= 11 is 0.891. The summed E-state index contributed by atoms with van der Waals surface area (Å²) in [5, 5.41) is 18.2. The minimum Gasteiger partial charge on any atom is -0.389 e. The molecule has 1 fully saturated rings. The molecule has 1 aromatic carbocycles. The van der Waals surface area contributed by atoms with E-state index in [1.165, 1.54) is 6.07 Å². The lowest BCUT2D eigenvalue weighted by Gasteiger charge is -2.20. The van der Waals surface area contributed by atoms with Crippen LogP contribution in [-0.4, -0.2) is 45.7 Å². The third-order valence-corrected chi connectivity index (χ3v) is 6.62. The summed E-state index contributed by atoms with van der Waals surface area (Å²) in [4.78, 5) is 4.20. The first-order valence-electron chi connectivity index (χ1n) is 10.4. The summed E-state index contributed by atoms with van der Waals surface area (Å²) in [5.41, 5.74) is 13.2. The molecule has 1 unspecified atom stereocenters. The molecule has 3 heterocycles. The number of anilines is 2. The first-order valence-corrected chi connectivity index (χ1v) is 11.2. The van der Waals surface area contributed by atoms with Crippen LogP contribution in [0.3, 0.4) is 0 Å². The van der Waals surface area contributed by atoms with Crippen LogP contribution in [0.4, 0.5) is 19.5 Å².